The van der Waals surface area contributed by atoms with Gasteiger partial charge in [0.1, 0.15) is 6.10 Å². The minimum Gasteiger partial charge on any atom is -0.463 e. The van der Waals surface area contributed by atoms with E-state index >= 15 is 0 Å². The van der Waals surface area contributed by atoms with Gasteiger partial charge in [0.2, 0.25) is 0 Å². The molecule has 35 heavy (non-hydrogen) atoms. The van der Waals surface area contributed by atoms with Crippen LogP contribution in [0.15, 0.2) is 12.7 Å². The average Bonchev–Trinajstić information content (AvgIpc) is 2.90. The van der Waals surface area contributed by atoms with Crippen LogP contribution in [0.4, 0.5) is 0 Å². The van der Waals surface area contributed by atoms with E-state index < -0.39 is 0 Å². The average molecular weight is 493 g/mol. The number of carbonyl (C=O) groups is 2. The van der Waals surface area contributed by atoms with E-state index in [9.17, 15) is 9.59 Å². The number of unbranched alkanes of at least 4 members (excludes halogenated alkanes) is 3. The molecule has 0 saturated heterocycles. The Morgan fingerprint density at radius 3 is 1.97 bits per heavy atom. The van der Waals surface area contributed by atoms with Gasteiger partial charge in [-0.3, -0.25) is 4.79 Å². The van der Waals surface area contributed by atoms with Crippen LogP contribution in [0.1, 0.15) is 109 Å². The van der Waals surface area contributed by atoms with Crippen molar-refractivity contribution in [3.8, 4) is 0 Å². The van der Waals surface area contributed by atoms with Crippen molar-refractivity contribution in [1.29, 1.82) is 0 Å². The molecule has 0 atom stereocenters. The van der Waals surface area contributed by atoms with Crippen molar-refractivity contribution in [3.63, 3.8) is 0 Å². The monoisotopic (exact) mass is 492 g/mol. The van der Waals surface area contributed by atoms with Gasteiger partial charge in [0.15, 0.2) is 0 Å². The van der Waals surface area contributed by atoms with Crippen molar-refractivity contribution in [1.82, 2.24) is 0 Å². The van der Waals surface area contributed by atoms with Crippen molar-refractivity contribution >= 4 is 11.9 Å². The molecular weight excluding hydrogens is 444 g/mol. The Morgan fingerprint density at radius 1 is 0.686 bits per heavy atom. The van der Waals surface area contributed by atoms with E-state index in [1.54, 1.807) is 0 Å². The van der Waals surface area contributed by atoms with Crippen LogP contribution in [-0.4, -0.2) is 50.1 Å². The normalized spacial score (nSPS) is 27.8. The quantitative estimate of drug-likeness (QED) is 0.161. The molecule has 3 saturated carbocycles. The third kappa shape index (κ3) is 11.0. The smallest absolute Gasteiger partial charge is 0.330 e. The molecule has 0 bridgehead atoms. The van der Waals surface area contributed by atoms with Gasteiger partial charge in [-0.2, -0.15) is 0 Å². The van der Waals surface area contributed by atoms with Crippen molar-refractivity contribution in [2.45, 2.75) is 127 Å². The minimum atomic E-state index is -0.352. The van der Waals surface area contributed by atoms with Gasteiger partial charge in [0, 0.05) is 19.3 Å². The Labute approximate surface area is 212 Å². The molecule has 0 radical (unpaired) electrons. The summed E-state index contributed by atoms with van der Waals surface area (Å²) in [5.74, 6) is 0.453. The summed E-state index contributed by atoms with van der Waals surface area (Å²) in [7, 11) is 0. The molecule has 6 heteroatoms. The van der Waals surface area contributed by atoms with E-state index in [0.29, 0.717) is 12.7 Å². The van der Waals surface area contributed by atoms with Gasteiger partial charge in [-0.1, -0.05) is 32.3 Å². The topological polar surface area (TPSA) is 71.1 Å². The first-order valence-electron chi connectivity index (χ1n) is 14.4. The molecular formula is C29H48O6. The lowest BCUT2D eigenvalue weighted by Gasteiger charge is -2.32. The predicted octanol–water partition coefficient (Wildman–Crippen LogP) is 6.30. The van der Waals surface area contributed by atoms with Crippen molar-refractivity contribution in [3.05, 3.63) is 12.7 Å². The van der Waals surface area contributed by atoms with Gasteiger partial charge >= 0.3 is 11.9 Å². The van der Waals surface area contributed by atoms with Crippen LogP contribution in [0.2, 0.25) is 0 Å². The highest BCUT2D eigenvalue weighted by molar-refractivity contribution is 5.81. The van der Waals surface area contributed by atoms with Crippen molar-refractivity contribution in [2.75, 3.05) is 19.8 Å². The standard InChI is InChI=1S/C29H48O6/c1-2-28(30)33-21-9-4-3-8-20-32-25-14-12-24(13-15-25)29(31)35-27-18-16-26(17-19-27)34-22-23-10-6-5-7-11-23/h2,23-27H,1,3-22H2. The van der Waals surface area contributed by atoms with Gasteiger partial charge in [-0.15, -0.1) is 0 Å². The number of rotatable bonds is 14. The molecule has 0 aliphatic heterocycles. The summed E-state index contributed by atoms with van der Waals surface area (Å²) in [5, 5.41) is 0. The fourth-order valence-corrected chi connectivity index (χ4v) is 5.71. The minimum absolute atomic E-state index is 0.00665. The second-order valence-electron chi connectivity index (χ2n) is 10.8. The maximum absolute atomic E-state index is 12.7. The van der Waals surface area contributed by atoms with E-state index in [1.807, 2.05) is 0 Å². The van der Waals surface area contributed by atoms with Crippen LogP contribution in [0, 0.1) is 11.8 Å². The highest BCUT2D eigenvalue weighted by Crippen LogP contribution is 2.31. The van der Waals surface area contributed by atoms with Crippen LogP contribution < -0.4 is 0 Å². The summed E-state index contributed by atoms with van der Waals surface area (Å²) in [6, 6.07) is 0. The van der Waals surface area contributed by atoms with Crippen LogP contribution in [0.3, 0.4) is 0 Å². The number of hydrogen-bond acceptors (Lipinski definition) is 6. The van der Waals surface area contributed by atoms with E-state index in [2.05, 4.69) is 6.58 Å². The second-order valence-corrected chi connectivity index (χ2v) is 10.8. The van der Waals surface area contributed by atoms with Crippen LogP contribution in [0.25, 0.3) is 0 Å². The van der Waals surface area contributed by atoms with E-state index in [0.717, 1.165) is 96.2 Å². The Hall–Kier alpha value is -1.40. The lowest BCUT2D eigenvalue weighted by atomic mass is 9.87. The van der Waals surface area contributed by atoms with Gasteiger partial charge < -0.3 is 18.9 Å². The summed E-state index contributed by atoms with van der Waals surface area (Å²) in [4.78, 5) is 23.7. The van der Waals surface area contributed by atoms with Crippen LogP contribution >= 0.6 is 0 Å². The SMILES string of the molecule is C=CC(=O)OCCCCCCOC1CCC(C(=O)OC2CCC(OCC3CCCCC3)CC2)CC1. The lowest BCUT2D eigenvalue weighted by molar-refractivity contribution is -0.159. The molecule has 0 unspecified atom stereocenters. The summed E-state index contributed by atoms with van der Waals surface area (Å²) < 4.78 is 23.1. The largest absolute Gasteiger partial charge is 0.463 e. The Bertz CT molecular complexity index is 613. The van der Waals surface area contributed by atoms with E-state index in [1.165, 1.54) is 38.2 Å². The van der Waals surface area contributed by atoms with Crippen LogP contribution in [-0.2, 0) is 28.5 Å². The highest BCUT2D eigenvalue weighted by Gasteiger charge is 2.31. The van der Waals surface area contributed by atoms with Gasteiger partial charge in [0.05, 0.1) is 24.7 Å². The van der Waals surface area contributed by atoms with Crippen LogP contribution in [0.5, 0.6) is 0 Å². The molecule has 3 rings (SSSR count). The molecule has 0 aromatic rings. The first-order chi connectivity index (χ1) is 17.1. The fourth-order valence-electron chi connectivity index (χ4n) is 5.71. The molecule has 0 heterocycles. The first-order valence-corrected chi connectivity index (χ1v) is 14.4. The summed E-state index contributed by atoms with van der Waals surface area (Å²) in [6.45, 7) is 5.53. The first kappa shape index (κ1) is 28.2. The third-order valence-corrected chi connectivity index (χ3v) is 8.01. The summed E-state index contributed by atoms with van der Waals surface area (Å²) in [6.07, 6.45) is 20.2. The predicted molar refractivity (Wildman–Crippen MR) is 136 cm³/mol. The third-order valence-electron chi connectivity index (χ3n) is 8.01. The molecule has 6 nitrogen and oxygen atoms in total. The number of hydrogen-bond donors (Lipinski definition) is 0. The highest BCUT2D eigenvalue weighted by atomic mass is 16.5. The fraction of sp³-hybridized carbons (Fsp3) is 0.862. The molecule has 3 fully saturated rings. The molecule has 0 aromatic heterocycles. The van der Waals surface area contributed by atoms with Crippen molar-refractivity contribution in [2.24, 2.45) is 11.8 Å². The number of carbonyl (C=O) groups excluding carboxylic acids is 2. The zero-order chi connectivity index (χ0) is 24.7. The lowest BCUT2D eigenvalue weighted by Crippen LogP contribution is -2.33. The second kappa shape index (κ2) is 16.4. The van der Waals surface area contributed by atoms with E-state index in [-0.39, 0.29) is 30.1 Å². The maximum atomic E-state index is 12.7. The van der Waals surface area contributed by atoms with E-state index in [4.69, 9.17) is 18.9 Å². The Kier molecular flexibility index (Phi) is 13.2. The number of ether oxygens (including phenoxy) is 4. The summed E-state index contributed by atoms with van der Waals surface area (Å²) >= 11 is 0. The maximum Gasteiger partial charge on any atom is 0.330 e. The Morgan fingerprint density at radius 2 is 1.29 bits per heavy atom. The summed E-state index contributed by atoms with van der Waals surface area (Å²) in [5.41, 5.74) is 0. The zero-order valence-corrected chi connectivity index (χ0v) is 21.8. The number of esters is 2. The molecule has 0 amide bonds. The molecule has 0 aromatic carbocycles. The Balaban J connectivity index is 1.17. The van der Waals surface area contributed by atoms with Crippen molar-refractivity contribution < 1.29 is 28.5 Å². The van der Waals surface area contributed by atoms with Gasteiger partial charge in [-0.25, -0.2) is 4.79 Å². The zero-order valence-electron chi connectivity index (χ0n) is 21.8. The molecule has 0 N–H and O–H groups in total. The van der Waals surface area contributed by atoms with Gasteiger partial charge in [0.25, 0.3) is 0 Å². The van der Waals surface area contributed by atoms with Gasteiger partial charge in [-0.05, 0) is 89.4 Å². The molecule has 0 spiro atoms. The molecule has 3 aliphatic rings. The molecule has 3 aliphatic carbocycles. The molecule has 200 valence electrons.